The van der Waals surface area contributed by atoms with Crippen LogP contribution in [0.2, 0.25) is 0 Å². The van der Waals surface area contributed by atoms with Gasteiger partial charge in [-0.15, -0.1) is 0 Å². The molecule has 3 rings (SSSR count). The molecule has 6 nitrogen and oxygen atoms in total. The maximum Gasteiger partial charge on any atom is 0.244 e. The van der Waals surface area contributed by atoms with Crippen LogP contribution in [0.4, 0.5) is 0 Å². The minimum atomic E-state index is -3.64. The standard InChI is InChI=1S/C20H30N4O2S/c1-14-11-16(20(3,4)5)12-15(2)18(14)27(25,26)24-10-7-21-13-17(24)19-22-8-9-23(19)6/h8-9,11-12,17,21H,7,10,13H2,1-6H3. The highest BCUT2D eigenvalue weighted by atomic mass is 32.2. The molecule has 1 aromatic carbocycles. The molecule has 0 amide bonds. The van der Waals surface area contributed by atoms with E-state index in [-0.39, 0.29) is 11.5 Å². The summed E-state index contributed by atoms with van der Waals surface area (Å²) >= 11 is 0. The van der Waals surface area contributed by atoms with E-state index in [4.69, 9.17) is 0 Å². The second kappa shape index (κ2) is 7.04. The minimum absolute atomic E-state index is 0.0254. The lowest BCUT2D eigenvalue weighted by atomic mass is 9.85. The molecular weight excluding hydrogens is 360 g/mol. The first kappa shape index (κ1) is 20.0. The van der Waals surface area contributed by atoms with Crippen molar-refractivity contribution in [1.29, 1.82) is 0 Å². The van der Waals surface area contributed by atoms with Crippen LogP contribution in [0.3, 0.4) is 0 Å². The van der Waals surface area contributed by atoms with Crippen molar-refractivity contribution in [3.8, 4) is 0 Å². The van der Waals surface area contributed by atoms with E-state index in [0.717, 1.165) is 22.5 Å². The molecule has 0 radical (unpaired) electrons. The fourth-order valence-electron chi connectivity index (χ4n) is 3.80. The smallest absolute Gasteiger partial charge is 0.244 e. The predicted octanol–water partition coefficient (Wildman–Crippen LogP) is 2.67. The number of aromatic nitrogens is 2. The summed E-state index contributed by atoms with van der Waals surface area (Å²) in [4.78, 5) is 4.83. The molecule has 0 saturated carbocycles. The highest BCUT2D eigenvalue weighted by molar-refractivity contribution is 7.89. The van der Waals surface area contributed by atoms with Crippen LogP contribution in [0.5, 0.6) is 0 Å². The van der Waals surface area contributed by atoms with E-state index in [2.05, 4.69) is 31.1 Å². The number of nitrogens with one attached hydrogen (secondary N) is 1. The fraction of sp³-hybridized carbons (Fsp3) is 0.550. The van der Waals surface area contributed by atoms with E-state index < -0.39 is 10.0 Å². The lowest BCUT2D eigenvalue weighted by Gasteiger charge is -2.35. The van der Waals surface area contributed by atoms with Gasteiger partial charge in [0.1, 0.15) is 5.82 Å². The van der Waals surface area contributed by atoms with Crippen LogP contribution in [-0.2, 0) is 22.5 Å². The monoisotopic (exact) mass is 390 g/mol. The van der Waals surface area contributed by atoms with Gasteiger partial charge < -0.3 is 9.88 Å². The van der Waals surface area contributed by atoms with Gasteiger partial charge in [0.15, 0.2) is 0 Å². The van der Waals surface area contributed by atoms with Gasteiger partial charge in [-0.2, -0.15) is 4.31 Å². The fourth-order valence-corrected chi connectivity index (χ4v) is 5.80. The van der Waals surface area contributed by atoms with Crippen molar-refractivity contribution in [3.05, 3.63) is 47.0 Å². The Bertz CT molecular complexity index is 918. The zero-order valence-electron chi connectivity index (χ0n) is 17.1. The van der Waals surface area contributed by atoms with Gasteiger partial charge in [0.25, 0.3) is 0 Å². The van der Waals surface area contributed by atoms with Crippen molar-refractivity contribution < 1.29 is 8.42 Å². The van der Waals surface area contributed by atoms with Gasteiger partial charge in [0.05, 0.1) is 10.9 Å². The molecule has 0 bridgehead atoms. The number of nitrogens with zero attached hydrogens (tertiary/aromatic N) is 3. The highest BCUT2D eigenvalue weighted by Crippen LogP contribution is 2.34. The second-order valence-corrected chi connectivity index (χ2v) is 10.2. The molecule has 1 fully saturated rings. The largest absolute Gasteiger partial charge is 0.337 e. The van der Waals surface area contributed by atoms with E-state index in [1.54, 1.807) is 10.5 Å². The summed E-state index contributed by atoms with van der Waals surface area (Å²) in [7, 11) is -1.74. The second-order valence-electron chi connectivity index (χ2n) is 8.42. The van der Waals surface area contributed by atoms with Crippen molar-refractivity contribution >= 4 is 10.0 Å². The summed E-state index contributed by atoms with van der Waals surface area (Å²) in [6.45, 7) is 11.8. The number of aryl methyl sites for hydroxylation is 3. The van der Waals surface area contributed by atoms with Crippen molar-refractivity contribution in [1.82, 2.24) is 19.2 Å². The Balaban J connectivity index is 2.09. The van der Waals surface area contributed by atoms with E-state index >= 15 is 0 Å². The summed E-state index contributed by atoms with van der Waals surface area (Å²) in [5.41, 5.74) is 2.73. The third kappa shape index (κ3) is 3.68. The van der Waals surface area contributed by atoms with Crippen molar-refractivity contribution in [2.75, 3.05) is 19.6 Å². The third-order valence-corrected chi connectivity index (χ3v) is 7.46. The molecule has 1 atom stereocenters. The molecule has 1 aliphatic heterocycles. The molecule has 7 heteroatoms. The van der Waals surface area contributed by atoms with E-state index in [9.17, 15) is 8.42 Å². The lowest BCUT2D eigenvalue weighted by molar-refractivity contribution is 0.258. The number of sulfonamides is 1. The van der Waals surface area contributed by atoms with E-state index in [1.165, 1.54) is 0 Å². The Hall–Kier alpha value is -1.70. The number of imidazole rings is 1. The van der Waals surface area contributed by atoms with Gasteiger partial charge in [-0.05, 0) is 36.0 Å². The summed E-state index contributed by atoms with van der Waals surface area (Å²) in [5.74, 6) is 0.757. The van der Waals surface area contributed by atoms with Gasteiger partial charge in [0, 0.05) is 39.1 Å². The summed E-state index contributed by atoms with van der Waals surface area (Å²) < 4.78 is 30.8. The minimum Gasteiger partial charge on any atom is -0.337 e. The predicted molar refractivity (Wildman–Crippen MR) is 107 cm³/mol. The van der Waals surface area contributed by atoms with E-state index in [1.807, 2.05) is 43.8 Å². The number of hydrogen-bond donors (Lipinski definition) is 1. The number of benzene rings is 1. The highest BCUT2D eigenvalue weighted by Gasteiger charge is 2.38. The third-order valence-electron chi connectivity index (χ3n) is 5.24. The van der Waals surface area contributed by atoms with Gasteiger partial charge >= 0.3 is 0 Å². The lowest BCUT2D eigenvalue weighted by Crippen LogP contribution is -2.49. The molecule has 2 aromatic rings. The number of rotatable bonds is 3. The molecule has 1 saturated heterocycles. The first-order valence-electron chi connectivity index (χ1n) is 9.35. The molecule has 27 heavy (non-hydrogen) atoms. The first-order chi connectivity index (χ1) is 12.5. The molecule has 0 aliphatic carbocycles. The molecule has 0 spiro atoms. The normalized spacial score (nSPS) is 19.4. The molecule has 2 heterocycles. The molecule has 1 aromatic heterocycles. The topological polar surface area (TPSA) is 67.2 Å². The Labute approximate surface area is 162 Å². The first-order valence-corrected chi connectivity index (χ1v) is 10.8. The van der Waals surface area contributed by atoms with Gasteiger partial charge in [0.2, 0.25) is 10.0 Å². The summed E-state index contributed by atoms with van der Waals surface area (Å²) in [6.07, 6.45) is 3.56. The molecular formula is C20H30N4O2S. The van der Waals surface area contributed by atoms with Crippen molar-refractivity contribution in [2.45, 2.75) is 51.0 Å². The Morgan fingerprint density at radius 1 is 1.19 bits per heavy atom. The Morgan fingerprint density at radius 3 is 2.33 bits per heavy atom. The van der Waals surface area contributed by atoms with E-state index in [0.29, 0.717) is 24.5 Å². The van der Waals surface area contributed by atoms with Gasteiger partial charge in [-0.25, -0.2) is 13.4 Å². The van der Waals surface area contributed by atoms with Gasteiger partial charge in [-0.3, -0.25) is 0 Å². The molecule has 1 N–H and O–H groups in total. The van der Waals surface area contributed by atoms with Crippen LogP contribution in [0, 0.1) is 13.8 Å². The average molecular weight is 391 g/mol. The van der Waals surface area contributed by atoms with Crippen LogP contribution >= 0.6 is 0 Å². The van der Waals surface area contributed by atoms with Crippen molar-refractivity contribution in [2.24, 2.45) is 7.05 Å². The molecule has 1 aliphatic rings. The molecule has 1 unspecified atom stereocenters. The maximum atomic E-state index is 13.7. The van der Waals surface area contributed by atoms with Crippen LogP contribution in [-0.4, -0.2) is 41.9 Å². The summed E-state index contributed by atoms with van der Waals surface area (Å²) in [6, 6.07) is 3.71. The van der Waals surface area contributed by atoms with Crippen LogP contribution in [0.15, 0.2) is 29.4 Å². The quantitative estimate of drug-likeness (QED) is 0.875. The zero-order valence-corrected chi connectivity index (χ0v) is 17.9. The van der Waals surface area contributed by atoms with Crippen LogP contribution in [0.25, 0.3) is 0 Å². The average Bonchev–Trinajstić information content (AvgIpc) is 2.99. The van der Waals surface area contributed by atoms with Crippen molar-refractivity contribution in [3.63, 3.8) is 0 Å². The summed E-state index contributed by atoms with van der Waals surface area (Å²) in [5, 5.41) is 3.30. The maximum absolute atomic E-state index is 13.7. The SMILES string of the molecule is Cc1cc(C(C)(C)C)cc(C)c1S(=O)(=O)N1CCNCC1c1nccn1C. The Morgan fingerprint density at radius 2 is 1.81 bits per heavy atom. The number of hydrogen-bond acceptors (Lipinski definition) is 4. The van der Waals surface area contributed by atoms with Gasteiger partial charge in [-0.1, -0.05) is 32.9 Å². The zero-order chi connectivity index (χ0) is 20.0. The molecule has 148 valence electrons. The number of piperazine rings is 1. The van der Waals surface area contributed by atoms with Crippen LogP contribution in [0.1, 0.15) is 49.3 Å². The Kier molecular flexibility index (Phi) is 5.22. The van der Waals surface area contributed by atoms with Crippen LogP contribution < -0.4 is 5.32 Å².